The van der Waals surface area contributed by atoms with E-state index in [1.165, 1.54) is 11.9 Å². The number of halogens is 7. The summed E-state index contributed by atoms with van der Waals surface area (Å²) in [6.07, 6.45) is -13.8. The minimum absolute atomic E-state index is 0.175. The van der Waals surface area contributed by atoms with Crippen LogP contribution in [0.1, 0.15) is 6.42 Å². The fraction of sp³-hybridized carbons (Fsp3) is 0.833. The Morgan fingerprint density at radius 2 is 1.96 bits per heavy atom. The molecule has 0 spiro atoms. The average Bonchev–Trinajstić information content (AvgIpc) is 3.17. The number of rotatable bonds is 4. The molecule has 0 saturated carbocycles. The van der Waals surface area contributed by atoms with Gasteiger partial charge in [0, 0.05) is 19.6 Å². The first-order valence-electron chi connectivity index (χ1n) is 6.92. The van der Waals surface area contributed by atoms with Gasteiger partial charge in [0.05, 0.1) is 16.2 Å². The fourth-order valence-electron chi connectivity index (χ4n) is 2.66. The lowest BCUT2D eigenvalue weighted by Gasteiger charge is -2.39. The van der Waals surface area contributed by atoms with Crippen molar-refractivity contribution < 1.29 is 36.2 Å². The minimum Gasteiger partial charge on any atom is -0.382 e. The van der Waals surface area contributed by atoms with Gasteiger partial charge >= 0.3 is 12.4 Å². The molecule has 140 valence electrons. The van der Waals surface area contributed by atoms with E-state index in [0.717, 1.165) is 0 Å². The number of nitrogens with zero attached hydrogens (tertiary/aromatic N) is 1. The van der Waals surface area contributed by atoms with Crippen LogP contribution in [0.5, 0.6) is 0 Å². The molecular formula is C12H16BrF6N3O2. The highest BCUT2D eigenvalue weighted by atomic mass is 79.9. The van der Waals surface area contributed by atoms with Crippen LogP contribution in [-0.2, 0) is 4.74 Å². The maximum absolute atomic E-state index is 12.9. The molecule has 5 atom stereocenters. The molecule has 2 heterocycles. The molecule has 0 aromatic heterocycles. The van der Waals surface area contributed by atoms with Crippen LogP contribution in [0, 0.1) is 0 Å². The summed E-state index contributed by atoms with van der Waals surface area (Å²) in [7, 11) is 1.39. The summed E-state index contributed by atoms with van der Waals surface area (Å²) in [5.41, 5.74) is 5.01. The van der Waals surface area contributed by atoms with Crippen molar-refractivity contribution in [2.24, 2.45) is 5.73 Å². The molecule has 0 aromatic carbocycles. The molecule has 12 heteroatoms. The van der Waals surface area contributed by atoms with E-state index in [9.17, 15) is 26.3 Å². The molecule has 0 bridgehead atoms. The molecule has 0 aliphatic carbocycles. The maximum Gasteiger partial charge on any atom is 0.415 e. The Labute approximate surface area is 141 Å². The van der Waals surface area contributed by atoms with Crippen LogP contribution in [0.4, 0.5) is 26.3 Å². The summed E-state index contributed by atoms with van der Waals surface area (Å²) < 4.78 is 80.5. The Morgan fingerprint density at radius 3 is 2.46 bits per heavy atom. The zero-order chi connectivity index (χ0) is 18.4. The third-order valence-corrected chi connectivity index (χ3v) is 5.02. The number of ether oxygens (including phenoxy) is 1. The lowest BCUT2D eigenvalue weighted by molar-refractivity contribution is -0.202. The first-order valence-corrected chi connectivity index (χ1v) is 7.71. The smallest absolute Gasteiger partial charge is 0.382 e. The molecule has 2 aliphatic rings. The molecule has 2 rings (SSSR count). The van der Waals surface area contributed by atoms with Crippen molar-refractivity contribution in [3.63, 3.8) is 0 Å². The number of nitrogens with one attached hydrogen (secondary N) is 1. The number of likely N-dealkylation sites (N-methyl/N-ethyl adjacent to an activating group) is 1. The number of hydrogen-bond acceptors (Lipinski definition) is 5. The van der Waals surface area contributed by atoms with E-state index in [0.29, 0.717) is 0 Å². The number of epoxide rings is 1. The van der Waals surface area contributed by atoms with E-state index in [1.807, 2.05) is 0 Å². The Bertz CT molecular complexity index is 512. The topological polar surface area (TPSA) is 74.0 Å². The lowest BCUT2D eigenvalue weighted by Crippen LogP contribution is -2.54. The highest BCUT2D eigenvalue weighted by molar-refractivity contribution is 9.11. The van der Waals surface area contributed by atoms with Crippen LogP contribution in [0.25, 0.3) is 0 Å². The summed E-state index contributed by atoms with van der Waals surface area (Å²) >= 11 is 2.89. The number of alkyl halides is 6. The first-order chi connectivity index (χ1) is 10.8. The maximum atomic E-state index is 12.9. The summed E-state index contributed by atoms with van der Waals surface area (Å²) in [4.78, 5) is 1.27. The summed E-state index contributed by atoms with van der Waals surface area (Å²) in [5.74, 6) is 0. The van der Waals surface area contributed by atoms with Gasteiger partial charge in [-0.3, -0.25) is 5.32 Å². The van der Waals surface area contributed by atoms with E-state index in [2.05, 4.69) is 21.2 Å². The monoisotopic (exact) mass is 427 g/mol. The Kier molecular flexibility index (Phi) is 5.46. The number of aliphatic hydroxyl groups excluding tert-OH is 1. The van der Waals surface area contributed by atoms with Gasteiger partial charge in [-0.25, -0.2) is 0 Å². The van der Waals surface area contributed by atoms with Crippen molar-refractivity contribution in [3.05, 3.63) is 10.2 Å². The molecule has 4 unspecified atom stereocenters. The van der Waals surface area contributed by atoms with Crippen molar-refractivity contribution in [2.75, 3.05) is 13.6 Å². The molecule has 0 amide bonds. The molecule has 1 saturated heterocycles. The second-order valence-corrected chi connectivity index (χ2v) is 6.47. The predicted octanol–water partition coefficient (Wildman–Crippen LogP) is 1.42. The second-order valence-electron chi connectivity index (χ2n) is 5.72. The van der Waals surface area contributed by atoms with Gasteiger partial charge in [-0.1, -0.05) is 0 Å². The Hall–Kier alpha value is -0.560. The molecule has 0 aromatic rings. The second kappa shape index (κ2) is 6.63. The molecule has 0 radical (unpaired) electrons. The molecule has 4 N–H and O–H groups in total. The van der Waals surface area contributed by atoms with E-state index >= 15 is 0 Å². The summed E-state index contributed by atoms with van der Waals surface area (Å²) in [6, 6.07) is -1.55. The van der Waals surface area contributed by atoms with E-state index in [1.54, 1.807) is 0 Å². The van der Waals surface area contributed by atoms with Crippen LogP contribution in [0.15, 0.2) is 10.2 Å². The molecular weight excluding hydrogens is 412 g/mol. The van der Waals surface area contributed by atoms with E-state index in [-0.39, 0.29) is 4.61 Å². The fourth-order valence-corrected chi connectivity index (χ4v) is 3.28. The zero-order valence-electron chi connectivity index (χ0n) is 12.3. The van der Waals surface area contributed by atoms with Crippen LogP contribution in [-0.4, -0.2) is 66.5 Å². The highest BCUT2D eigenvalue weighted by Crippen LogP contribution is 2.42. The SMILES string of the molecule is CN1C(Br)=C(C(F)(F)F)CC(N)C1C1OC1NC[C@H](O)C(F)(F)F. The van der Waals surface area contributed by atoms with E-state index < -0.39 is 61.4 Å². The van der Waals surface area contributed by atoms with Gasteiger partial charge in [-0.2, -0.15) is 26.3 Å². The van der Waals surface area contributed by atoms with Crippen molar-refractivity contribution >= 4 is 15.9 Å². The third kappa shape index (κ3) is 4.15. The van der Waals surface area contributed by atoms with Gasteiger partial charge in [-0.05, 0) is 22.4 Å². The summed E-state index contributed by atoms with van der Waals surface area (Å²) in [6.45, 7) is -0.777. The van der Waals surface area contributed by atoms with Gasteiger partial charge in [-0.15, -0.1) is 0 Å². The average molecular weight is 428 g/mol. The van der Waals surface area contributed by atoms with Gasteiger partial charge in [0.1, 0.15) is 12.3 Å². The molecule has 2 aliphatic heterocycles. The molecule has 1 fully saturated rings. The highest BCUT2D eigenvalue weighted by Gasteiger charge is 2.53. The van der Waals surface area contributed by atoms with Gasteiger partial charge < -0.3 is 20.5 Å². The largest absolute Gasteiger partial charge is 0.415 e. The first kappa shape index (κ1) is 19.8. The van der Waals surface area contributed by atoms with Crippen LogP contribution in [0.3, 0.4) is 0 Å². The third-order valence-electron chi connectivity index (χ3n) is 3.98. The van der Waals surface area contributed by atoms with Gasteiger partial charge in [0.2, 0.25) is 0 Å². The van der Waals surface area contributed by atoms with Crippen molar-refractivity contribution in [3.8, 4) is 0 Å². The summed E-state index contributed by atoms with van der Waals surface area (Å²) in [5, 5.41) is 11.3. The zero-order valence-corrected chi connectivity index (χ0v) is 13.9. The van der Waals surface area contributed by atoms with E-state index in [4.69, 9.17) is 15.6 Å². The normalized spacial score (nSPS) is 33.0. The standard InChI is InChI=1S/C12H16BrF6N3O2/c1-22-7(5(20)2-4(9(22)13)11(14,15)16)8-10(24-8)21-3-6(23)12(17,18)19/h5-8,10,21,23H,2-3,20H2,1H3/t5?,6-,7?,8?,10?/m0/s1. The van der Waals surface area contributed by atoms with Crippen LogP contribution in [0.2, 0.25) is 0 Å². The Morgan fingerprint density at radius 1 is 1.38 bits per heavy atom. The molecule has 5 nitrogen and oxygen atoms in total. The molecule has 24 heavy (non-hydrogen) atoms. The number of aliphatic hydroxyl groups is 1. The van der Waals surface area contributed by atoms with Crippen molar-refractivity contribution in [1.29, 1.82) is 0 Å². The lowest BCUT2D eigenvalue weighted by atomic mass is 9.93. The van der Waals surface area contributed by atoms with Crippen molar-refractivity contribution in [2.45, 2.75) is 49.3 Å². The van der Waals surface area contributed by atoms with Crippen LogP contribution < -0.4 is 11.1 Å². The minimum atomic E-state index is -4.76. The van der Waals surface area contributed by atoms with Gasteiger partial charge in [0.15, 0.2) is 6.10 Å². The van der Waals surface area contributed by atoms with Crippen molar-refractivity contribution in [1.82, 2.24) is 10.2 Å². The Balaban J connectivity index is 1.99. The predicted molar refractivity (Wildman–Crippen MR) is 74.9 cm³/mol. The van der Waals surface area contributed by atoms with Gasteiger partial charge in [0.25, 0.3) is 0 Å². The number of nitrogens with two attached hydrogens (primary N) is 1. The van der Waals surface area contributed by atoms with Crippen LogP contribution >= 0.6 is 15.9 Å². The number of hydrogen-bond donors (Lipinski definition) is 3. The quantitative estimate of drug-likeness (QED) is 0.359.